The summed E-state index contributed by atoms with van der Waals surface area (Å²) in [4.78, 5) is 8.66. The van der Waals surface area contributed by atoms with Crippen LogP contribution in [0.15, 0.2) is 12.4 Å². The zero-order valence-electron chi connectivity index (χ0n) is 11.2. The van der Waals surface area contributed by atoms with Crippen molar-refractivity contribution in [1.82, 2.24) is 9.97 Å². The van der Waals surface area contributed by atoms with Crippen LogP contribution in [-0.2, 0) is 15.7 Å². The molecule has 5 heteroatoms. The number of aryl methyl sites for hydroxylation is 1. The minimum Gasteiger partial charge on any atom is -0.398 e. The van der Waals surface area contributed by atoms with E-state index in [1.54, 1.807) is 12.4 Å². The molecule has 0 saturated carbocycles. The molecule has 1 aromatic heterocycles. The van der Waals surface area contributed by atoms with Crippen molar-refractivity contribution in [3.05, 3.63) is 18.1 Å². The van der Waals surface area contributed by atoms with E-state index in [0.717, 1.165) is 17.7 Å². The first kappa shape index (κ1) is 12.5. The van der Waals surface area contributed by atoms with Crippen LogP contribution in [0.3, 0.4) is 0 Å². The maximum Gasteiger partial charge on any atom is 0.516 e. The summed E-state index contributed by atoms with van der Waals surface area (Å²) in [5.41, 5.74) is 1.05. The molecule has 0 radical (unpaired) electrons. The number of hydrogen-bond acceptors (Lipinski definition) is 4. The van der Waals surface area contributed by atoms with E-state index in [9.17, 15) is 0 Å². The van der Waals surface area contributed by atoms with Crippen LogP contribution in [0.5, 0.6) is 0 Å². The lowest BCUT2D eigenvalue weighted by atomic mass is 9.85. The molecule has 1 aliphatic heterocycles. The van der Waals surface area contributed by atoms with Crippen LogP contribution in [0.1, 0.15) is 40.3 Å². The van der Waals surface area contributed by atoms with Gasteiger partial charge in [0.15, 0.2) is 0 Å². The smallest absolute Gasteiger partial charge is 0.398 e. The van der Waals surface area contributed by atoms with Crippen molar-refractivity contribution in [2.75, 3.05) is 0 Å². The maximum atomic E-state index is 5.90. The van der Waals surface area contributed by atoms with Gasteiger partial charge in [0.1, 0.15) is 0 Å². The quantitative estimate of drug-likeness (QED) is 0.724. The first-order valence-electron chi connectivity index (χ1n) is 6.02. The zero-order valence-corrected chi connectivity index (χ0v) is 11.2. The molecule has 17 heavy (non-hydrogen) atoms. The van der Waals surface area contributed by atoms with Gasteiger partial charge in [-0.15, -0.1) is 0 Å². The van der Waals surface area contributed by atoms with E-state index in [1.165, 1.54) is 0 Å². The van der Waals surface area contributed by atoms with Gasteiger partial charge in [-0.3, -0.25) is 9.97 Å². The zero-order chi connectivity index (χ0) is 12.7. The van der Waals surface area contributed by atoms with Gasteiger partial charge in [-0.2, -0.15) is 0 Å². The Balaban J connectivity index is 2.20. The van der Waals surface area contributed by atoms with E-state index in [2.05, 4.69) is 16.9 Å². The number of aromatic nitrogens is 2. The topological polar surface area (TPSA) is 44.2 Å². The van der Waals surface area contributed by atoms with Crippen molar-refractivity contribution in [2.45, 2.75) is 52.2 Å². The molecule has 1 fully saturated rings. The molecule has 0 spiro atoms. The van der Waals surface area contributed by atoms with E-state index in [-0.39, 0.29) is 11.2 Å². The summed E-state index contributed by atoms with van der Waals surface area (Å²) < 4.78 is 11.8. The van der Waals surface area contributed by atoms with Crippen LogP contribution in [0.2, 0.25) is 0 Å². The first-order chi connectivity index (χ1) is 7.86. The van der Waals surface area contributed by atoms with Crippen molar-refractivity contribution < 1.29 is 9.31 Å². The maximum absolute atomic E-state index is 5.90. The minimum absolute atomic E-state index is 0.331. The van der Waals surface area contributed by atoms with Crippen molar-refractivity contribution in [3.63, 3.8) is 0 Å². The SMILES string of the molecule is CCc1cnc(B2OC(C)(C)C(C)(C)O2)cn1. The van der Waals surface area contributed by atoms with Crippen LogP contribution in [0, 0.1) is 0 Å². The average molecular weight is 234 g/mol. The normalized spacial score (nSPS) is 21.8. The summed E-state index contributed by atoms with van der Waals surface area (Å²) in [7, 11) is -0.418. The highest BCUT2D eigenvalue weighted by Gasteiger charge is 2.52. The molecule has 2 heterocycles. The monoisotopic (exact) mass is 234 g/mol. The molecule has 0 aromatic carbocycles. The molecule has 1 aliphatic rings. The molecule has 0 aliphatic carbocycles. The highest BCUT2D eigenvalue weighted by atomic mass is 16.7. The van der Waals surface area contributed by atoms with Gasteiger partial charge in [0, 0.05) is 12.4 Å². The Morgan fingerprint density at radius 1 is 1.06 bits per heavy atom. The van der Waals surface area contributed by atoms with Crippen LogP contribution in [-0.4, -0.2) is 28.3 Å². The van der Waals surface area contributed by atoms with Gasteiger partial charge in [-0.25, -0.2) is 0 Å². The lowest BCUT2D eigenvalue weighted by Crippen LogP contribution is -2.41. The summed E-state index contributed by atoms with van der Waals surface area (Å²) >= 11 is 0. The van der Waals surface area contributed by atoms with Crippen LogP contribution >= 0.6 is 0 Å². The molecule has 4 nitrogen and oxygen atoms in total. The molecule has 92 valence electrons. The van der Waals surface area contributed by atoms with E-state index in [4.69, 9.17) is 9.31 Å². The second-order valence-electron chi connectivity index (χ2n) is 5.37. The van der Waals surface area contributed by atoms with Crippen LogP contribution in [0.4, 0.5) is 0 Å². The molecule has 0 bridgehead atoms. The lowest BCUT2D eigenvalue weighted by Gasteiger charge is -2.32. The lowest BCUT2D eigenvalue weighted by molar-refractivity contribution is 0.00578. The second-order valence-corrected chi connectivity index (χ2v) is 5.37. The van der Waals surface area contributed by atoms with Gasteiger partial charge in [-0.1, -0.05) is 6.92 Å². The van der Waals surface area contributed by atoms with Crippen molar-refractivity contribution in [3.8, 4) is 0 Å². The second kappa shape index (κ2) is 4.07. The summed E-state index contributed by atoms with van der Waals surface area (Å²) in [6.07, 6.45) is 4.40. The Hall–Kier alpha value is -0.935. The van der Waals surface area contributed by atoms with Crippen LogP contribution < -0.4 is 5.59 Å². The van der Waals surface area contributed by atoms with Gasteiger partial charge in [-0.05, 0) is 34.1 Å². The van der Waals surface area contributed by atoms with Gasteiger partial charge in [0.05, 0.1) is 22.5 Å². The Labute approximate surface area is 103 Å². The van der Waals surface area contributed by atoms with Gasteiger partial charge in [0.2, 0.25) is 0 Å². The Morgan fingerprint density at radius 3 is 2.06 bits per heavy atom. The van der Waals surface area contributed by atoms with Gasteiger partial charge in [0.25, 0.3) is 0 Å². The summed E-state index contributed by atoms with van der Waals surface area (Å²) in [6, 6.07) is 0. The fourth-order valence-electron chi connectivity index (χ4n) is 1.63. The van der Waals surface area contributed by atoms with E-state index in [0.29, 0.717) is 0 Å². The van der Waals surface area contributed by atoms with E-state index in [1.807, 2.05) is 27.7 Å². The fraction of sp³-hybridized carbons (Fsp3) is 0.667. The Bertz CT molecular complexity index is 387. The van der Waals surface area contributed by atoms with Crippen molar-refractivity contribution >= 4 is 12.7 Å². The molecule has 0 amide bonds. The predicted octanol–water partition coefficient (Wildman–Crippen LogP) is 1.34. The van der Waals surface area contributed by atoms with E-state index < -0.39 is 7.12 Å². The largest absolute Gasteiger partial charge is 0.516 e. The fourth-order valence-corrected chi connectivity index (χ4v) is 1.63. The number of rotatable bonds is 2. The Morgan fingerprint density at radius 2 is 1.65 bits per heavy atom. The average Bonchev–Trinajstić information content (AvgIpc) is 2.48. The van der Waals surface area contributed by atoms with Gasteiger partial charge >= 0.3 is 7.12 Å². The third-order valence-corrected chi connectivity index (χ3v) is 3.58. The summed E-state index contributed by atoms with van der Waals surface area (Å²) in [5.74, 6) is 0. The van der Waals surface area contributed by atoms with Crippen molar-refractivity contribution in [2.24, 2.45) is 0 Å². The molecule has 0 atom stereocenters. The molecular formula is C12H19BN2O2. The summed E-state index contributed by atoms with van der Waals surface area (Å²) in [5, 5.41) is 0. The van der Waals surface area contributed by atoms with Crippen molar-refractivity contribution in [1.29, 1.82) is 0 Å². The molecule has 0 N–H and O–H groups in total. The number of hydrogen-bond donors (Lipinski definition) is 0. The molecular weight excluding hydrogens is 215 g/mol. The highest BCUT2D eigenvalue weighted by molar-refractivity contribution is 6.61. The third-order valence-electron chi connectivity index (χ3n) is 3.58. The summed E-state index contributed by atoms with van der Waals surface area (Å²) in [6.45, 7) is 10.2. The molecule has 1 aromatic rings. The standard InChI is InChI=1S/C12H19BN2O2/c1-6-9-7-15-10(8-14-9)13-16-11(2,3)12(4,5)17-13/h7-8H,6H2,1-5H3. The predicted molar refractivity (Wildman–Crippen MR) is 67.1 cm³/mol. The first-order valence-corrected chi connectivity index (χ1v) is 6.02. The third kappa shape index (κ3) is 2.22. The van der Waals surface area contributed by atoms with E-state index >= 15 is 0 Å². The minimum atomic E-state index is -0.418. The molecule has 1 saturated heterocycles. The Kier molecular flexibility index (Phi) is 3.00. The van der Waals surface area contributed by atoms with Crippen LogP contribution in [0.25, 0.3) is 0 Å². The molecule has 0 unspecified atom stereocenters. The molecule has 2 rings (SSSR count). The number of nitrogens with zero attached hydrogens (tertiary/aromatic N) is 2. The highest BCUT2D eigenvalue weighted by Crippen LogP contribution is 2.36. The van der Waals surface area contributed by atoms with Gasteiger partial charge < -0.3 is 9.31 Å².